The number of nitrogens with two attached hydrogens (primary N) is 1. The Kier molecular flexibility index (Phi) is 6.37. The first kappa shape index (κ1) is 23.6. The smallest absolute Gasteiger partial charge is 0.239 e. The van der Waals surface area contributed by atoms with Crippen molar-refractivity contribution in [2.45, 2.75) is 38.3 Å². The number of hydrogen-bond acceptors (Lipinski definition) is 6. The van der Waals surface area contributed by atoms with Crippen LogP contribution in [0, 0.1) is 11.6 Å². The number of nitrogens with one attached hydrogen (secondary N) is 1. The van der Waals surface area contributed by atoms with Gasteiger partial charge in [0.25, 0.3) is 0 Å². The molecule has 4 heterocycles. The SMILES string of the molecule is C[C@@H](Oc1c(N)ncc2c(C3=CCN(C(=O)[C@@H]4CCCN4)CC3)coc12)c1c(F)ccc(F)c1Cl. The van der Waals surface area contributed by atoms with Crippen molar-refractivity contribution in [1.82, 2.24) is 15.2 Å². The summed E-state index contributed by atoms with van der Waals surface area (Å²) >= 11 is 5.99. The van der Waals surface area contributed by atoms with Crippen LogP contribution < -0.4 is 15.8 Å². The lowest BCUT2D eigenvalue weighted by Gasteiger charge is -2.28. The van der Waals surface area contributed by atoms with E-state index in [9.17, 15) is 13.6 Å². The van der Waals surface area contributed by atoms with E-state index in [0.717, 1.165) is 42.7 Å². The van der Waals surface area contributed by atoms with Crippen molar-refractivity contribution in [3.63, 3.8) is 0 Å². The molecule has 3 N–H and O–H groups in total. The van der Waals surface area contributed by atoms with Crippen LogP contribution in [0.25, 0.3) is 16.5 Å². The van der Waals surface area contributed by atoms with Gasteiger partial charge in [0.15, 0.2) is 11.4 Å². The van der Waals surface area contributed by atoms with Crippen LogP contribution in [0.2, 0.25) is 5.02 Å². The molecule has 1 fully saturated rings. The zero-order valence-electron chi connectivity index (χ0n) is 19.1. The number of hydrogen-bond donors (Lipinski definition) is 2. The lowest BCUT2D eigenvalue weighted by atomic mass is 9.99. The number of carbonyl (C=O) groups excluding carboxylic acids is 1. The number of amides is 1. The molecular weight excluding hydrogens is 478 g/mol. The first-order valence-electron chi connectivity index (χ1n) is 11.5. The monoisotopic (exact) mass is 502 g/mol. The molecule has 0 saturated carbocycles. The van der Waals surface area contributed by atoms with E-state index in [4.69, 9.17) is 26.5 Å². The van der Waals surface area contributed by atoms with Gasteiger partial charge in [0, 0.05) is 30.4 Å². The number of benzene rings is 1. The highest BCUT2D eigenvalue weighted by molar-refractivity contribution is 6.31. The molecule has 10 heteroatoms. The van der Waals surface area contributed by atoms with E-state index in [1.54, 1.807) is 19.4 Å². The molecule has 7 nitrogen and oxygen atoms in total. The van der Waals surface area contributed by atoms with Crippen molar-refractivity contribution < 1.29 is 22.7 Å². The zero-order valence-corrected chi connectivity index (χ0v) is 19.9. The number of halogens is 3. The fourth-order valence-electron chi connectivity index (χ4n) is 4.72. The second-order valence-corrected chi connectivity index (χ2v) is 9.17. The summed E-state index contributed by atoms with van der Waals surface area (Å²) in [5, 5.41) is 3.58. The van der Waals surface area contributed by atoms with Gasteiger partial charge in [-0.15, -0.1) is 0 Å². The van der Waals surface area contributed by atoms with Gasteiger partial charge >= 0.3 is 0 Å². The van der Waals surface area contributed by atoms with E-state index >= 15 is 0 Å². The molecule has 184 valence electrons. The fourth-order valence-corrected chi connectivity index (χ4v) is 5.03. The Morgan fingerprint density at radius 2 is 2.17 bits per heavy atom. The Labute approximate surface area is 205 Å². The van der Waals surface area contributed by atoms with E-state index < -0.39 is 17.7 Å². The molecule has 0 spiro atoms. The number of nitrogens with zero attached hydrogens (tertiary/aromatic N) is 2. The van der Waals surface area contributed by atoms with Gasteiger partial charge in [-0.25, -0.2) is 13.8 Å². The van der Waals surface area contributed by atoms with E-state index in [0.29, 0.717) is 30.5 Å². The normalized spacial score (nSPS) is 19.1. The van der Waals surface area contributed by atoms with Crippen LogP contribution in [0.3, 0.4) is 0 Å². The number of aromatic nitrogens is 1. The molecule has 2 aromatic heterocycles. The van der Waals surface area contributed by atoms with Crippen LogP contribution >= 0.6 is 11.6 Å². The number of pyridine rings is 1. The Morgan fingerprint density at radius 1 is 1.37 bits per heavy atom. The lowest BCUT2D eigenvalue weighted by molar-refractivity contribution is -0.132. The maximum Gasteiger partial charge on any atom is 0.239 e. The van der Waals surface area contributed by atoms with Crippen molar-refractivity contribution in [2.75, 3.05) is 25.4 Å². The van der Waals surface area contributed by atoms with Gasteiger partial charge < -0.3 is 25.1 Å². The van der Waals surface area contributed by atoms with Gasteiger partial charge in [-0.2, -0.15) is 0 Å². The minimum atomic E-state index is -0.959. The summed E-state index contributed by atoms with van der Waals surface area (Å²) in [6.45, 7) is 3.54. The molecule has 0 unspecified atom stereocenters. The second kappa shape index (κ2) is 9.47. The topological polar surface area (TPSA) is 93.6 Å². The second-order valence-electron chi connectivity index (χ2n) is 8.79. The number of anilines is 1. The Balaban J connectivity index is 1.41. The highest BCUT2D eigenvalue weighted by atomic mass is 35.5. The van der Waals surface area contributed by atoms with Crippen molar-refractivity contribution in [3.8, 4) is 5.75 Å². The molecule has 1 aromatic carbocycles. The summed E-state index contributed by atoms with van der Waals surface area (Å²) in [6, 6.07) is 1.86. The van der Waals surface area contributed by atoms with Gasteiger partial charge in [-0.1, -0.05) is 17.7 Å². The summed E-state index contributed by atoms with van der Waals surface area (Å²) in [5.74, 6) is -1.12. The standard InChI is InChI=1S/C25H25ClF2N4O3/c1-13(20-17(27)4-5-18(28)21(20)26)35-23-22-15(11-31-24(23)29)16(12-34-22)14-6-9-32(10-7-14)25(33)19-3-2-8-30-19/h4-6,11-13,19,30H,2-3,7-10H2,1H3,(H2,29,31)/t13-,19+/m1/s1. The van der Waals surface area contributed by atoms with E-state index in [1.807, 2.05) is 11.0 Å². The number of furan rings is 1. The van der Waals surface area contributed by atoms with Crippen molar-refractivity contribution in [3.05, 3.63) is 58.5 Å². The quantitative estimate of drug-likeness (QED) is 0.484. The largest absolute Gasteiger partial charge is 0.478 e. The van der Waals surface area contributed by atoms with Crippen LogP contribution in [-0.4, -0.2) is 41.5 Å². The molecule has 2 aliphatic heterocycles. The first-order valence-corrected chi connectivity index (χ1v) is 11.9. The Bertz CT molecular complexity index is 1320. The van der Waals surface area contributed by atoms with E-state index in [1.165, 1.54) is 0 Å². The molecule has 2 aliphatic rings. The average molecular weight is 503 g/mol. The fraction of sp³-hybridized carbons (Fsp3) is 0.360. The van der Waals surface area contributed by atoms with Gasteiger partial charge in [-0.3, -0.25) is 4.79 Å². The number of fused-ring (bicyclic) bond motifs is 1. The summed E-state index contributed by atoms with van der Waals surface area (Å²) < 4.78 is 40.0. The van der Waals surface area contributed by atoms with Gasteiger partial charge in [0.05, 0.1) is 22.7 Å². The van der Waals surface area contributed by atoms with Crippen molar-refractivity contribution >= 4 is 39.9 Å². The number of carbonyl (C=O) groups is 1. The van der Waals surface area contributed by atoms with Crippen molar-refractivity contribution in [2.24, 2.45) is 0 Å². The van der Waals surface area contributed by atoms with Crippen molar-refractivity contribution in [1.29, 1.82) is 0 Å². The highest BCUT2D eigenvalue weighted by Gasteiger charge is 2.29. The third kappa shape index (κ3) is 4.34. The van der Waals surface area contributed by atoms with Crippen LogP contribution in [0.1, 0.15) is 43.4 Å². The lowest BCUT2D eigenvalue weighted by Crippen LogP contribution is -2.45. The molecule has 5 rings (SSSR count). The molecule has 0 aliphatic carbocycles. The molecule has 3 aromatic rings. The molecule has 2 atom stereocenters. The van der Waals surface area contributed by atoms with Gasteiger partial charge in [0.1, 0.15) is 17.7 Å². The van der Waals surface area contributed by atoms with Gasteiger partial charge in [-0.05, 0) is 50.4 Å². The third-order valence-corrected chi connectivity index (χ3v) is 6.99. The number of nitrogen functional groups attached to an aromatic ring is 1. The maximum absolute atomic E-state index is 14.4. The minimum Gasteiger partial charge on any atom is -0.478 e. The highest BCUT2D eigenvalue weighted by Crippen LogP contribution is 2.40. The molecular formula is C25H25ClF2N4O3. The Morgan fingerprint density at radius 3 is 2.89 bits per heavy atom. The van der Waals surface area contributed by atoms with Gasteiger partial charge in [0.2, 0.25) is 11.7 Å². The van der Waals surface area contributed by atoms with Crippen LogP contribution in [0.15, 0.2) is 35.1 Å². The molecule has 1 amide bonds. The molecule has 0 radical (unpaired) electrons. The zero-order chi connectivity index (χ0) is 24.7. The first-order chi connectivity index (χ1) is 16.8. The summed E-state index contributed by atoms with van der Waals surface area (Å²) in [7, 11) is 0. The number of ether oxygens (including phenoxy) is 1. The number of rotatable bonds is 5. The Hall–Kier alpha value is -3.17. The summed E-state index contributed by atoms with van der Waals surface area (Å²) in [6.07, 6.45) is 6.80. The molecule has 1 saturated heterocycles. The average Bonchev–Trinajstić information content (AvgIpc) is 3.54. The van der Waals surface area contributed by atoms with Crippen LogP contribution in [-0.2, 0) is 4.79 Å². The van der Waals surface area contributed by atoms with E-state index in [-0.39, 0.29) is 34.1 Å². The predicted molar refractivity (Wildman–Crippen MR) is 129 cm³/mol. The molecule has 35 heavy (non-hydrogen) atoms. The minimum absolute atomic E-state index is 0.0524. The summed E-state index contributed by atoms with van der Waals surface area (Å²) in [4.78, 5) is 18.8. The van der Waals surface area contributed by atoms with E-state index in [2.05, 4.69) is 10.3 Å². The maximum atomic E-state index is 14.4. The summed E-state index contributed by atoms with van der Waals surface area (Å²) in [5.41, 5.74) is 8.14. The molecule has 0 bridgehead atoms. The van der Waals surface area contributed by atoms with Crippen LogP contribution in [0.4, 0.5) is 14.6 Å². The predicted octanol–water partition coefficient (Wildman–Crippen LogP) is 4.85. The third-order valence-electron chi connectivity index (χ3n) is 6.61. The van der Waals surface area contributed by atoms with Crippen LogP contribution in [0.5, 0.6) is 5.75 Å².